The van der Waals surface area contributed by atoms with Crippen molar-refractivity contribution < 1.29 is 5.11 Å². The zero-order valence-electron chi connectivity index (χ0n) is 5.59. The SMILES string of the molecule is Cc1nc(C#CCO)cs1. The van der Waals surface area contributed by atoms with Gasteiger partial charge in [-0.05, 0) is 12.8 Å². The summed E-state index contributed by atoms with van der Waals surface area (Å²) in [5.41, 5.74) is 0.747. The van der Waals surface area contributed by atoms with Gasteiger partial charge in [-0.3, -0.25) is 0 Å². The fraction of sp³-hybridized carbons (Fsp3) is 0.286. The Morgan fingerprint density at radius 3 is 3.10 bits per heavy atom. The molecule has 52 valence electrons. The number of aromatic nitrogens is 1. The van der Waals surface area contributed by atoms with E-state index in [4.69, 9.17) is 5.11 Å². The summed E-state index contributed by atoms with van der Waals surface area (Å²) in [4.78, 5) is 4.08. The van der Waals surface area contributed by atoms with Crippen LogP contribution in [0.25, 0.3) is 0 Å². The minimum Gasteiger partial charge on any atom is -0.384 e. The second kappa shape index (κ2) is 3.35. The first-order chi connectivity index (χ1) is 4.83. The normalized spacial score (nSPS) is 8.60. The molecule has 0 saturated carbocycles. The lowest BCUT2D eigenvalue weighted by Gasteiger charge is -1.74. The summed E-state index contributed by atoms with van der Waals surface area (Å²) in [6, 6.07) is 0. The van der Waals surface area contributed by atoms with Gasteiger partial charge in [0.1, 0.15) is 12.3 Å². The van der Waals surface area contributed by atoms with Crippen LogP contribution >= 0.6 is 11.3 Å². The van der Waals surface area contributed by atoms with Gasteiger partial charge in [-0.2, -0.15) is 0 Å². The Labute approximate surface area is 63.5 Å². The van der Waals surface area contributed by atoms with Crippen molar-refractivity contribution in [1.82, 2.24) is 4.98 Å². The van der Waals surface area contributed by atoms with Gasteiger partial charge in [0.2, 0.25) is 0 Å². The summed E-state index contributed by atoms with van der Waals surface area (Å²) >= 11 is 1.56. The summed E-state index contributed by atoms with van der Waals surface area (Å²) in [5.74, 6) is 5.24. The average Bonchev–Trinajstić information content (AvgIpc) is 2.31. The van der Waals surface area contributed by atoms with Crippen LogP contribution in [0, 0.1) is 18.8 Å². The highest BCUT2D eigenvalue weighted by molar-refractivity contribution is 7.09. The van der Waals surface area contributed by atoms with Gasteiger partial charge in [-0.15, -0.1) is 11.3 Å². The third kappa shape index (κ3) is 1.83. The number of aryl methyl sites for hydroxylation is 1. The average molecular weight is 153 g/mol. The van der Waals surface area contributed by atoms with Crippen molar-refractivity contribution in [3.8, 4) is 11.8 Å². The first-order valence-electron chi connectivity index (χ1n) is 2.85. The lowest BCUT2D eigenvalue weighted by atomic mass is 10.5. The molecular weight excluding hydrogens is 146 g/mol. The van der Waals surface area contributed by atoms with E-state index in [9.17, 15) is 0 Å². The van der Waals surface area contributed by atoms with Crippen LogP contribution in [0.15, 0.2) is 5.38 Å². The summed E-state index contributed by atoms with van der Waals surface area (Å²) in [5, 5.41) is 11.2. The number of aliphatic hydroxyl groups is 1. The first kappa shape index (κ1) is 7.26. The van der Waals surface area contributed by atoms with Crippen molar-refractivity contribution in [3.05, 3.63) is 16.1 Å². The van der Waals surface area contributed by atoms with E-state index < -0.39 is 0 Å². The standard InChI is InChI=1S/C7H7NOS/c1-6-8-7(5-10-6)3-2-4-9/h5,9H,4H2,1H3. The monoisotopic (exact) mass is 153 g/mol. The second-order valence-electron chi connectivity index (χ2n) is 1.71. The van der Waals surface area contributed by atoms with Gasteiger partial charge in [0.15, 0.2) is 0 Å². The molecule has 0 spiro atoms. The number of hydrogen-bond acceptors (Lipinski definition) is 3. The molecular formula is C7H7NOS. The molecule has 0 aromatic carbocycles. The van der Waals surface area contributed by atoms with Gasteiger partial charge in [-0.1, -0.05) is 5.92 Å². The molecule has 1 heterocycles. The smallest absolute Gasteiger partial charge is 0.124 e. The lowest BCUT2D eigenvalue weighted by Crippen LogP contribution is -1.75. The highest BCUT2D eigenvalue weighted by Crippen LogP contribution is 2.05. The number of nitrogens with zero attached hydrogens (tertiary/aromatic N) is 1. The number of rotatable bonds is 0. The van der Waals surface area contributed by atoms with E-state index in [-0.39, 0.29) is 6.61 Å². The molecule has 10 heavy (non-hydrogen) atoms. The first-order valence-corrected chi connectivity index (χ1v) is 3.73. The highest BCUT2D eigenvalue weighted by Gasteiger charge is 1.90. The van der Waals surface area contributed by atoms with Gasteiger partial charge in [0.05, 0.1) is 5.01 Å². The van der Waals surface area contributed by atoms with E-state index >= 15 is 0 Å². The maximum Gasteiger partial charge on any atom is 0.124 e. The van der Waals surface area contributed by atoms with Crippen LogP contribution in [-0.2, 0) is 0 Å². The molecule has 0 radical (unpaired) electrons. The molecule has 0 aliphatic heterocycles. The van der Waals surface area contributed by atoms with Crippen LogP contribution in [-0.4, -0.2) is 16.7 Å². The number of hydrogen-bond donors (Lipinski definition) is 1. The molecule has 1 N–H and O–H groups in total. The van der Waals surface area contributed by atoms with Crippen LogP contribution in [0.5, 0.6) is 0 Å². The molecule has 0 amide bonds. The maximum atomic E-state index is 8.34. The van der Waals surface area contributed by atoms with E-state index in [0.29, 0.717) is 0 Å². The third-order valence-corrected chi connectivity index (χ3v) is 1.69. The molecule has 3 heteroatoms. The van der Waals surface area contributed by atoms with E-state index in [0.717, 1.165) is 10.7 Å². The third-order valence-electron chi connectivity index (χ3n) is 0.915. The quantitative estimate of drug-likeness (QED) is 0.559. The van der Waals surface area contributed by atoms with Crippen molar-refractivity contribution in [1.29, 1.82) is 0 Å². The molecule has 0 atom stereocenters. The zero-order chi connectivity index (χ0) is 7.40. The lowest BCUT2D eigenvalue weighted by molar-refractivity contribution is 0.350. The molecule has 0 unspecified atom stereocenters. The Hall–Kier alpha value is -0.850. The van der Waals surface area contributed by atoms with Crippen LogP contribution in [0.4, 0.5) is 0 Å². The summed E-state index contributed by atoms with van der Waals surface area (Å²) in [6.07, 6.45) is 0. The van der Waals surface area contributed by atoms with Crippen LogP contribution in [0.3, 0.4) is 0 Å². The summed E-state index contributed by atoms with van der Waals surface area (Å²) < 4.78 is 0. The van der Waals surface area contributed by atoms with Gasteiger partial charge < -0.3 is 5.11 Å². The van der Waals surface area contributed by atoms with Gasteiger partial charge >= 0.3 is 0 Å². The second-order valence-corrected chi connectivity index (χ2v) is 2.77. The van der Waals surface area contributed by atoms with Crippen LogP contribution < -0.4 is 0 Å². The minimum atomic E-state index is -0.101. The molecule has 0 saturated heterocycles. The molecule has 0 aliphatic rings. The largest absolute Gasteiger partial charge is 0.384 e. The molecule has 0 bridgehead atoms. The fourth-order valence-corrected chi connectivity index (χ4v) is 1.10. The van der Waals surface area contributed by atoms with E-state index in [2.05, 4.69) is 16.8 Å². The number of thiazole rings is 1. The molecule has 0 fully saturated rings. The van der Waals surface area contributed by atoms with E-state index in [1.54, 1.807) is 11.3 Å². The van der Waals surface area contributed by atoms with E-state index in [1.165, 1.54) is 0 Å². The van der Waals surface area contributed by atoms with Crippen molar-refractivity contribution in [2.75, 3.05) is 6.61 Å². The Kier molecular flexibility index (Phi) is 2.43. The molecule has 2 nitrogen and oxygen atoms in total. The Morgan fingerprint density at radius 1 is 1.80 bits per heavy atom. The van der Waals surface area contributed by atoms with Gasteiger partial charge in [0.25, 0.3) is 0 Å². The zero-order valence-corrected chi connectivity index (χ0v) is 6.40. The van der Waals surface area contributed by atoms with Crippen molar-refractivity contribution in [2.24, 2.45) is 0 Å². The van der Waals surface area contributed by atoms with Crippen LogP contribution in [0.2, 0.25) is 0 Å². The maximum absolute atomic E-state index is 8.34. The Morgan fingerprint density at radius 2 is 2.60 bits per heavy atom. The molecule has 1 aromatic rings. The molecule has 1 aromatic heterocycles. The Balaban J connectivity index is 2.76. The highest BCUT2D eigenvalue weighted by atomic mass is 32.1. The molecule has 0 aliphatic carbocycles. The minimum absolute atomic E-state index is 0.101. The predicted octanol–water partition coefficient (Wildman–Crippen LogP) is 0.795. The molecule has 1 rings (SSSR count). The van der Waals surface area contributed by atoms with Crippen LogP contribution in [0.1, 0.15) is 10.7 Å². The van der Waals surface area contributed by atoms with E-state index in [1.807, 2.05) is 12.3 Å². The number of aliphatic hydroxyl groups excluding tert-OH is 1. The Bertz CT molecular complexity index is 269. The van der Waals surface area contributed by atoms with Gasteiger partial charge in [-0.25, -0.2) is 4.98 Å². The predicted molar refractivity (Wildman–Crippen MR) is 40.8 cm³/mol. The van der Waals surface area contributed by atoms with Gasteiger partial charge in [0, 0.05) is 5.38 Å². The fourth-order valence-electron chi connectivity index (χ4n) is 0.551. The summed E-state index contributed by atoms with van der Waals surface area (Å²) in [7, 11) is 0. The summed E-state index contributed by atoms with van der Waals surface area (Å²) in [6.45, 7) is 1.82. The topological polar surface area (TPSA) is 33.1 Å². The van der Waals surface area contributed by atoms with Crippen molar-refractivity contribution >= 4 is 11.3 Å². The van der Waals surface area contributed by atoms with Crippen molar-refractivity contribution in [2.45, 2.75) is 6.92 Å². The van der Waals surface area contributed by atoms with Crippen molar-refractivity contribution in [3.63, 3.8) is 0 Å².